The number of aromatic nitrogens is 1. The first-order valence-corrected chi connectivity index (χ1v) is 7.71. The monoisotopic (exact) mass is 346 g/mol. The van der Waals surface area contributed by atoms with E-state index in [2.05, 4.69) is 9.71 Å². The van der Waals surface area contributed by atoms with Gasteiger partial charge in [0.1, 0.15) is 10.7 Å². The van der Waals surface area contributed by atoms with Gasteiger partial charge in [0.05, 0.1) is 10.6 Å². The van der Waals surface area contributed by atoms with Crippen molar-refractivity contribution in [1.82, 2.24) is 4.98 Å². The zero-order chi connectivity index (χ0) is 15.6. The smallest absolute Gasteiger partial charge is 0.337 e. The van der Waals surface area contributed by atoms with Crippen LogP contribution in [-0.4, -0.2) is 24.5 Å². The molecule has 21 heavy (non-hydrogen) atoms. The van der Waals surface area contributed by atoms with Crippen LogP contribution in [0.25, 0.3) is 0 Å². The lowest BCUT2D eigenvalue weighted by Crippen LogP contribution is -2.14. The number of carboxylic acids is 1. The minimum atomic E-state index is -3.98. The summed E-state index contributed by atoms with van der Waals surface area (Å²) in [6.07, 6.45) is 1.04. The number of rotatable bonds is 4. The Kier molecular flexibility index (Phi) is 4.36. The Morgan fingerprint density at radius 3 is 2.48 bits per heavy atom. The average Bonchev–Trinajstić information content (AvgIpc) is 2.41. The van der Waals surface area contributed by atoms with Gasteiger partial charge in [-0.2, -0.15) is 0 Å². The Balaban J connectivity index is 2.33. The first-order valence-electron chi connectivity index (χ1n) is 5.47. The number of nitrogens with one attached hydrogen (secondary N) is 1. The molecule has 0 radical (unpaired) electrons. The fourth-order valence-corrected chi connectivity index (χ4v) is 3.23. The largest absolute Gasteiger partial charge is 0.478 e. The van der Waals surface area contributed by atoms with Gasteiger partial charge in [0.25, 0.3) is 10.0 Å². The molecule has 0 bridgehead atoms. The van der Waals surface area contributed by atoms with E-state index in [1.165, 1.54) is 30.3 Å². The quantitative estimate of drug-likeness (QED) is 0.887. The highest BCUT2D eigenvalue weighted by molar-refractivity contribution is 7.92. The number of hydrogen-bond donors (Lipinski definition) is 2. The second kappa shape index (κ2) is 5.88. The van der Waals surface area contributed by atoms with Crippen LogP contribution < -0.4 is 4.72 Å². The molecular formula is C12H8Cl2N2O4S. The van der Waals surface area contributed by atoms with Crippen LogP contribution in [0.2, 0.25) is 10.0 Å². The predicted molar refractivity (Wildman–Crippen MR) is 78.5 cm³/mol. The summed E-state index contributed by atoms with van der Waals surface area (Å²) < 4.78 is 26.6. The van der Waals surface area contributed by atoms with Crippen LogP contribution in [0.4, 0.5) is 5.82 Å². The molecule has 0 aliphatic heterocycles. The van der Waals surface area contributed by atoms with Crippen molar-refractivity contribution in [2.75, 3.05) is 4.72 Å². The van der Waals surface area contributed by atoms with E-state index in [0.717, 1.165) is 6.20 Å². The molecule has 0 saturated carbocycles. The molecule has 0 aliphatic carbocycles. The Morgan fingerprint density at radius 2 is 1.90 bits per heavy atom. The summed E-state index contributed by atoms with van der Waals surface area (Å²) in [6.45, 7) is 0. The van der Waals surface area contributed by atoms with Crippen molar-refractivity contribution >= 4 is 45.0 Å². The average molecular weight is 347 g/mol. The Bertz CT molecular complexity index is 791. The molecule has 2 aromatic rings. The number of benzene rings is 1. The van der Waals surface area contributed by atoms with Gasteiger partial charge < -0.3 is 5.11 Å². The second-order valence-electron chi connectivity index (χ2n) is 3.92. The molecule has 0 saturated heterocycles. The van der Waals surface area contributed by atoms with Crippen LogP contribution in [0, 0.1) is 0 Å². The van der Waals surface area contributed by atoms with E-state index >= 15 is 0 Å². The summed E-state index contributed by atoms with van der Waals surface area (Å²) in [4.78, 5) is 14.2. The highest BCUT2D eigenvalue weighted by Crippen LogP contribution is 2.26. The summed E-state index contributed by atoms with van der Waals surface area (Å²) in [5, 5.41) is 8.97. The van der Waals surface area contributed by atoms with E-state index in [1.54, 1.807) is 0 Å². The van der Waals surface area contributed by atoms with E-state index in [1.807, 2.05) is 0 Å². The van der Waals surface area contributed by atoms with E-state index in [-0.39, 0.29) is 26.3 Å². The fraction of sp³-hybridized carbons (Fsp3) is 0. The zero-order valence-electron chi connectivity index (χ0n) is 10.2. The molecule has 1 heterocycles. The molecule has 0 unspecified atom stereocenters. The van der Waals surface area contributed by atoms with Crippen molar-refractivity contribution < 1.29 is 18.3 Å². The van der Waals surface area contributed by atoms with Gasteiger partial charge in [0, 0.05) is 11.2 Å². The second-order valence-corrected chi connectivity index (χ2v) is 6.41. The van der Waals surface area contributed by atoms with Gasteiger partial charge in [0.2, 0.25) is 0 Å². The van der Waals surface area contributed by atoms with E-state index in [9.17, 15) is 13.2 Å². The number of nitrogens with zero attached hydrogens (tertiary/aromatic N) is 1. The third-order valence-corrected chi connectivity index (χ3v) is 4.50. The number of hydrogen-bond acceptors (Lipinski definition) is 4. The Morgan fingerprint density at radius 1 is 1.19 bits per heavy atom. The maximum absolute atomic E-state index is 12.2. The molecule has 6 nitrogen and oxygen atoms in total. The van der Waals surface area contributed by atoms with Crippen molar-refractivity contribution in [2.45, 2.75) is 4.90 Å². The summed E-state index contributed by atoms with van der Waals surface area (Å²) in [7, 11) is -3.98. The van der Waals surface area contributed by atoms with Crippen LogP contribution in [0.3, 0.4) is 0 Å². The molecule has 0 aliphatic rings. The number of carboxylic acid groups (broad SMARTS) is 1. The molecule has 0 amide bonds. The highest BCUT2D eigenvalue weighted by Gasteiger charge is 2.19. The lowest BCUT2D eigenvalue weighted by molar-refractivity contribution is 0.0696. The van der Waals surface area contributed by atoms with Crippen LogP contribution in [-0.2, 0) is 10.0 Å². The standard InChI is InChI=1S/C12H8Cl2N2O4S/c13-8-2-3-9(14)10(5-8)21(19,20)16-11-4-1-7(6-15-11)12(17)18/h1-6H,(H,15,16)(H,17,18). The Labute approximate surface area is 130 Å². The summed E-state index contributed by atoms with van der Waals surface area (Å²) >= 11 is 11.6. The normalized spacial score (nSPS) is 11.1. The van der Waals surface area contributed by atoms with E-state index in [4.69, 9.17) is 28.3 Å². The van der Waals surface area contributed by atoms with E-state index < -0.39 is 16.0 Å². The van der Waals surface area contributed by atoms with Crippen LogP contribution >= 0.6 is 23.2 Å². The number of pyridine rings is 1. The van der Waals surface area contributed by atoms with Gasteiger partial charge in [-0.05, 0) is 30.3 Å². The van der Waals surface area contributed by atoms with Gasteiger partial charge >= 0.3 is 5.97 Å². The molecule has 9 heteroatoms. The highest BCUT2D eigenvalue weighted by atomic mass is 35.5. The number of halogens is 2. The van der Waals surface area contributed by atoms with Gasteiger partial charge in [-0.25, -0.2) is 18.2 Å². The molecule has 0 fully saturated rings. The lowest BCUT2D eigenvalue weighted by atomic mass is 10.3. The summed E-state index contributed by atoms with van der Waals surface area (Å²) in [6, 6.07) is 6.49. The predicted octanol–water partition coefficient (Wildman–Crippen LogP) is 2.89. The molecule has 2 N–H and O–H groups in total. The third-order valence-electron chi connectivity index (χ3n) is 2.43. The van der Waals surface area contributed by atoms with Crippen molar-refractivity contribution in [3.8, 4) is 0 Å². The van der Waals surface area contributed by atoms with Crippen molar-refractivity contribution in [2.24, 2.45) is 0 Å². The molecule has 0 atom stereocenters. The molecular weight excluding hydrogens is 339 g/mol. The van der Waals surface area contributed by atoms with Gasteiger partial charge in [-0.1, -0.05) is 23.2 Å². The Hall–Kier alpha value is -1.83. The van der Waals surface area contributed by atoms with Crippen molar-refractivity contribution in [3.05, 3.63) is 52.1 Å². The molecule has 1 aromatic heterocycles. The molecule has 1 aromatic carbocycles. The number of carbonyl (C=O) groups is 1. The van der Waals surface area contributed by atoms with Crippen molar-refractivity contribution in [3.63, 3.8) is 0 Å². The molecule has 0 spiro atoms. The van der Waals surface area contributed by atoms with Crippen LogP contribution in [0.1, 0.15) is 10.4 Å². The molecule has 2 rings (SSSR count). The van der Waals surface area contributed by atoms with Crippen molar-refractivity contribution in [1.29, 1.82) is 0 Å². The van der Waals surface area contributed by atoms with Crippen LogP contribution in [0.5, 0.6) is 0 Å². The van der Waals surface area contributed by atoms with Gasteiger partial charge in [-0.15, -0.1) is 0 Å². The summed E-state index contributed by atoms with van der Waals surface area (Å²) in [5.41, 5.74) is -0.0567. The number of aromatic carboxylic acids is 1. The third kappa shape index (κ3) is 3.63. The van der Waals surface area contributed by atoms with Gasteiger partial charge in [0.15, 0.2) is 0 Å². The molecule has 110 valence electrons. The first kappa shape index (κ1) is 15.6. The number of anilines is 1. The SMILES string of the molecule is O=C(O)c1ccc(NS(=O)(=O)c2cc(Cl)ccc2Cl)nc1. The topological polar surface area (TPSA) is 96.4 Å². The number of sulfonamides is 1. The maximum atomic E-state index is 12.2. The van der Waals surface area contributed by atoms with Gasteiger partial charge in [-0.3, -0.25) is 4.72 Å². The fourth-order valence-electron chi connectivity index (χ4n) is 1.46. The van der Waals surface area contributed by atoms with E-state index in [0.29, 0.717) is 0 Å². The lowest BCUT2D eigenvalue weighted by Gasteiger charge is -2.09. The van der Waals surface area contributed by atoms with Crippen LogP contribution in [0.15, 0.2) is 41.4 Å². The summed E-state index contributed by atoms with van der Waals surface area (Å²) in [5.74, 6) is -1.19. The minimum Gasteiger partial charge on any atom is -0.478 e. The maximum Gasteiger partial charge on any atom is 0.337 e. The minimum absolute atomic E-state index is 0.00839. The first-order chi connectivity index (χ1) is 9.79. The zero-order valence-corrected chi connectivity index (χ0v) is 12.6.